The van der Waals surface area contributed by atoms with Gasteiger partial charge in [-0.1, -0.05) is 90.7 Å². The van der Waals surface area contributed by atoms with Crippen LogP contribution in [0.2, 0.25) is 0 Å². The van der Waals surface area contributed by atoms with Crippen molar-refractivity contribution in [3.05, 3.63) is 12.2 Å². The van der Waals surface area contributed by atoms with Crippen LogP contribution in [-0.2, 0) is 14.3 Å². The Balaban J connectivity index is 0.000000502. The monoisotopic (exact) mass is 408 g/mol. The maximum Gasteiger partial charge on any atom is 0.163 e. The summed E-state index contributed by atoms with van der Waals surface area (Å²) in [6.07, 6.45) is 24.2. The number of ether oxygens (including phenoxy) is 2. The smallest absolute Gasteiger partial charge is 0.163 e. The Labute approximate surface area is 181 Å². The second-order valence-electron chi connectivity index (χ2n) is 8.88. The Morgan fingerprint density at radius 1 is 0.828 bits per heavy atom. The van der Waals surface area contributed by atoms with Crippen molar-refractivity contribution >= 4 is 5.78 Å². The van der Waals surface area contributed by atoms with Gasteiger partial charge in [0.15, 0.2) is 5.78 Å². The van der Waals surface area contributed by atoms with Crippen molar-refractivity contribution in [3.63, 3.8) is 0 Å². The molecule has 3 atom stereocenters. The van der Waals surface area contributed by atoms with E-state index in [0.29, 0.717) is 18.5 Å². The highest BCUT2D eigenvalue weighted by Crippen LogP contribution is 2.21. The predicted octanol–water partition coefficient (Wildman–Crippen LogP) is 7.42. The standard InChI is InChI=1S/C20H36O2.C6H12O/c1-2-3-4-5-6-7-8-9-10-11-12-13-14-15-16-17-19(21)20-18-22-20;1-3-5(2)6-4-7-6/h9-10,20H,2-8,11-18H2,1H3;5-6H,3-4H2,1-2H3. The van der Waals surface area contributed by atoms with Gasteiger partial charge >= 0.3 is 0 Å². The van der Waals surface area contributed by atoms with E-state index in [0.717, 1.165) is 25.4 Å². The summed E-state index contributed by atoms with van der Waals surface area (Å²) in [7, 11) is 0. The number of Topliss-reactive ketones (excluding diaryl/α,β-unsaturated/α-hetero) is 1. The Hall–Kier alpha value is -0.670. The molecular weight excluding hydrogens is 360 g/mol. The summed E-state index contributed by atoms with van der Waals surface area (Å²) in [5.41, 5.74) is 0. The van der Waals surface area contributed by atoms with Crippen LogP contribution in [-0.4, -0.2) is 31.2 Å². The van der Waals surface area contributed by atoms with Crippen LogP contribution in [0.25, 0.3) is 0 Å². The number of hydrogen-bond acceptors (Lipinski definition) is 3. The largest absolute Gasteiger partial charge is 0.373 e. The molecular formula is C26H48O3. The van der Waals surface area contributed by atoms with Crippen LogP contribution in [0.1, 0.15) is 117 Å². The van der Waals surface area contributed by atoms with Gasteiger partial charge < -0.3 is 9.47 Å². The number of carbonyl (C=O) groups excluding carboxylic acids is 1. The predicted molar refractivity (Wildman–Crippen MR) is 123 cm³/mol. The molecule has 170 valence electrons. The van der Waals surface area contributed by atoms with E-state index >= 15 is 0 Å². The molecule has 0 aliphatic carbocycles. The van der Waals surface area contributed by atoms with E-state index in [4.69, 9.17) is 9.47 Å². The van der Waals surface area contributed by atoms with E-state index in [1.807, 2.05) is 0 Å². The molecule has 3 unspecified atom stereocenters. The number of hydrogen-bond donors (Lipinski definition) is 0. The molecule has 0 spiro atoms. The van der Waals surface area contributed by atoms with Crippen molar-refractivity contribution in [1.29, 1.82) is 0 Å². The topological polar surface area (TPSA) is 42.1 Å². The summed E-state index contributed by atoms with van der Waals surface area (Å²) in [6.45, 7) is 8.38. The maximum absolute atomic E-state index is 11.4. The number of rotatable bonds is 18. The van der Waals surface area contributed by atoms with Gasteiger partial charge in [-0.2, -0.15) is 0 Å². The quantitative estimate of drug-likeness (QED) is 0.135. The summed E-state index contributed by atoms with van der Waals surface area (Å²) < 4.78 is 10.0. The van der Waals surface area contributed by atoms with Gasteiger partial charge in [0.2, 0.25) is 0 Å². The fraction of sp³-hybridized carbons (Fsp3) is 0.885. The third-order valence-electron chi connectivity index (χ3n) is 6.02. The Kier molecular flexibility index (Phi) is 16.5. The second-order valence-corrected chi connectivity index (χ2v) is 8.88. The van der Waals surface area contributed by atoms with Gasteiger partial charge in [0.05, 0.1) is 19.3 Å². The normalized spacial score (nSPS) is 20.9. The molecule has 2 heterocycles. The van der Waals surface area contributed by atoms with Crippen molar-refractivity contribution in [1.82, 2.24) is 0 Å². The molecule has 2 aliphatic heterocycles. The van der Waals surface area contributed by atoms with Gasteiger partial charge in [-0.25, -0.2) is 0 Å². The van der Waals surface area contributed by atoms with Gasteiger partial charge in [-0.05, 0) is 38.0 Å². The Morgan fingerprint density at radius 3 is 1.79 bits per heavy atom. The van der Waals surface area contributed by atoms with Crippen molar-refractivity contribution in [3.8, 4) is 0 Å². The minimum Gasteiger partial charge on any atom is -0.373 e. The molecule has 0 N–H and O–H groups in total. The zero-order valence-corrected chi connectivity index (χ0v) is 19.6. The molecule has 0 aromatic rings. The molecule has 0 aromatic carbocycles. The summed E-state index contributed by atoms with van der Waals surface area (Å²) in [6, 6.07) is 0. The molecule has 0 radical (unpaired) electrons. The van der Waals surface area contributed by atoms with Crippen LogP contribution in [0.4, 0.5) is 0 Å². The van der Waals surface area contributed by atoms with E-state index in [1.165, 1.54) is 83.5 Å². The molecule has 2 fully saturated rings. The number of unbranched alkanes of at least 4 members (excludes halogenated alkanes) is 11. The fourth-order valence-electron chi connectivity index (χ4n) is 3.41. The van der Waals surface area contributed by atoms with E-state index in [-0.39, 0.29) is 6.10 Å². The minimum absolute atomic E-state index is 0.0308. The van der Waals surface area contributed by atoms with Crippen molar-refractivity contribution in [2.24, 2.45) is 5.92 Å². The van der Waals surface area contributed by atoms with Gasteiger partial charge in [0, 0.05) is 6.42 Å². The average molecular weight is 409 g/mol. The van der Waals surface area contributed by atoms with E-state index < -0.39 is 0 Å². The molecule has 0 bridgehead atoms. The maximum atomic E-state index is 11.4. The van der Waals surface area contributed by atoms with Crippen LogP contribution < -0.4 is 0 Å². The first-order chi connectivity index (χ1) is 14.2. The van der Waals surface area contributed by atoms with Crippen LogP contribution in [0, 0.1) is 5.92 Å². The molecule has 0 saturated carbocycles. The van der Waals surface area contributed by atoms with Gasteiger partial charge in [-0.15, -0.1) is 0 Å². The van der Waals surface area contributed by atoms with Crippen molar-refractivity contribution in [2.45, 2.75) is 129 Å². The van der Waals surface area contributed by atoms with Crippen molar-refractivity contribution < 1.29 is 14.3 Å². The highest BCUT2D eigenvalue weighted by Gasteiger charge is 2.30. The van der Waals surface area contributed by atoms with Crippen LogP contribution in [0.15, 0.2) is 12.2 Å². The lowest BCUT2D eigenvalue weighted by Gasteiger charge is -2.00. The Bertz CT molecular complexity index is 410. The lowest BCUT2D eigenvalue weighted by atomic mass is 10.1. The zero-order valence-electron chi connectivity index (χ0n) is 19.6. The average Bonchev–Trinajstić information content (AvgIpc) is 3.62. The van der Waals surface area contributed by atoms with Crippen LogP contribution >= 0.6 is 0 Å². The molecule has 2 rings (SSSR count). The molecule has 3 nitrogen and oxygen atoms in total. The molecule has 0 aromatic heterocycles. The minimum atomic E-state index is -0.0308. The first-order valence-electron chi connectivity index (χ1n) is 12.6. The molecule has 0 amide bonds. The van der Waals surface area contributed by atoms with E-state index in [1.54, 1.807) is 0 Å². The van der Waals surface area contributed by atoms with Gasteiger partial charge in [0.1, 0.15) is 6.10 Å². The van der Waals surface area contributed by atoms with Gasteiger partial charge in [-0.3, -0.25) is 4.79 Å². The summed E-state index contributed by atoms with van der Waals surface area (Å²) >= 11 is 0. The summed E-state index contributed by atoms with van der Waals surface area (Å²) in [5, 5.41) is 0. The summed E-state index contributed by atoms with van der Waals surface area (Å²) in [5.74, 6) is 1.11. The van der Waals surface area contributed by atoms with Gasteiger partial charge in [0.25, 0.3) is 0 Å². The van der Waals surface area contributed by atoms with E-state index in [2.05, 4.69) is 32.9 Å². The zero-order chi connectivity index (χ0) is 21.2. The molecule has 2 aliphatic rings. The van der Waals surface area contributed by atoms with E-state index in [9.17, 15) is 4.79 Å². The number of epoxide rings is 2. The number of ketones is 1. The second kappa shape index (κ2) is 18.1. The highest BCUT2D eigenvalue weighted by atomic mass is 16.6. The Morgan fingerprint density at radius 2 is 1.34 bits per heavy atom. The lowest BCUT2D eigenvalue weighted by Crippen LogP contribution is -2.05. The van der Waals surface area contributed by atoms with Crippen molar-refractivity contribution in [2.75, 3.05) is 13.2 Å². The third kappa shape index (κ3) is 16.8. The highest BCUT2D eigenvalue weighted by molar-refractivity contribution is 5.84. The van der Waals surface area contributed by atoms with Crippen LogP contribution in [0.5, 0.6) is 0 Å². The summed E-state index contributed by atoms with van der Waals surface area (Å²) in [4.78, 5) is 11.4. The fourth-order valence-corrected chi connectivity index (χ4v) is 3.41. The third-order valence-corrected chi connectivity index (χ3v) is 6.02. The lowest BCUT2D eigenvalue weighted by molar-refractivity contribution is -0.120. The SMILES string of the molecule is CCC(C)C1CO1.CCCCCCCCC=CCCCCCCCC(=O)C1CO1. The molecule has 2 saturated heterocycles. The van der Waals surface area contributed by atoms with Crippen LogP contribution in [0.3, 0.4) is 0 Å². The molecule has 3 heteroatoms. The first kappa shape index (κ1) is 26.4. The number of allylic oxidation sites excluding steroid dienone is 2. The number of carbonyl (C=O) groups is 1. The molecule has 29 heavy (non-hydrogen) atoms. The first-order valence-corrected chi connectivity index (χ1v) is 12.6.